The lowest BCUT2D eigenvalue weighted by atomic mass is 9.75. The van der Waals surface area contributed by atoms with Crippen molar-refractivity contribution in [1.82, 2.24) is 0 Å². The van der Waals surface area contributed by atoms with E-state index in [0.717, 1.165) is 24.8 Å². The van der Waals surface area contributed by atoms with E-state index in [9.17, 15) is 14.4 Å². The van der Waals surface area contributed by atoms with Crippen LogP contribution in [-0.4, -0.2) is 34.2 Å². The normalized spacial score (nSPS) is 22.1. The van der Waals surface area contributed by atoms with E-state index in [-0.39, 0.29) is 30.8 Å². The SMILES string of the molecule is CC1CCC(C(C)C)C(OC(=O)c2ccccc2C(CCCC(=O)O)CCC(=O)O)C1. The summed E-state index contributed by atoms with van der Waals surface area (Å²) in [5, 5.41) is 18.1. The van der Waals surface area contributed by atoms with Gasteiger partial charge >= 0.3 is 17.9 Å². The third-order valence-electron chi connectivity index (χ3n) is 6.49. The highest BCUT2D eigenvalue weighted by Crippen LogP contribution is 2.36. The molecule has 1 aromatic rings. The largest absolute Gasteiger partial charge is 0.481 e. The zero-order valence-corrected chi connectivity index (χ0v) is 18.9. The maximum atomic E-state index is 13.2. The van der Waals surface area contributed by atoms with E-state index in [1.54, 1.807) is 12.1 Å². The van der Waals surface area contributed by atoms with Crippen LogP contribution < -0.4 is 0 Å². The van der Waals surface area contributed by atoms with Gasteiger partial charge in [-0.3, -0.25) is 9.59 Å². The van der Waals surface area contributed by atoms with Gasteiger partial charge in [-0.05, 0) is 67.4 Å². The lowest BCUT2D eigenvalue weighted by Crippen LogP contribution is -2.36. The molecule has 1 saturated carbocycles. The minimum atomic E-state index is -0.903. The second-order valence-corrected chi connectivity index (χ2v) is 9.27. The highest BCUT2D eigenvalue weighted by molar-refractivity contribution is 5.91. The number of esters is 1. The summed E-state index contributed by atoms with van der Waals surface area (Å²) in [5.41, 5.74) is 1.22. The number of benzene rings is 1. The van der Waals surface area contributed by atoms with Gasteiger partial charge < -0.3 is 14.9 Å². The van der Waals surface area contributed by atoms with Crippen LogP contribution in [0.3, 0.4) is 0 Å². The van der Waals surface area contributed by atoms with Crippen molar-refractivity contribution < 1.29 is 29.3 Å². The fourth-order valence-electron chi connectivity index (χ4n) is 4.74. The predicted molar refractivity (Wildman–Crippen MR) is 118 cm³/mol. The number of carboxylic acid groups (broad SMARTS) is 2. The minimum absolute atomic E-state index is 0.0201. The number of hydrogen-bond donors (Lipinski definition) is 2. The molecule has 0 aromatic heterocycles. The van der Waals surface area contributed by atoms with E-state index in [1.165, 1.54) is 0 Å². The summed E-state index contributed by atoms with van der Waals surface area (Å²) in [7, 11) is 0. The standard InChI is InChI=1S/C25H36O6/c1-16(2)19-13-11-17(3)15-22(19)31-25(30)21-9-5-4-8-20(21)18(12-14-24(28)29)7-6-10-23(26)27/h4-5,8-9,16-19,22H,6-7,10-15H2,1-3H3,(H,26,27)(H,28,29). The molecule has 1 fully saturated rings. The first-order chi connectivity index (χ1) is 14.7. The molecule has 6 heteroatoms. The van der Waals surface area contributed by atoms with Crippen LogP contribution in [-0.2, 0) is 14.3 Å². The molecule has 0 amide bonds. The molecule has 2 N–H and O–H groups in total. The van der Waals surface area contributed by atoms with Gasteiger partial charge in [-0.1, -0.05) is 45.4 Å². The summed E-state index contributed by atoms with van der Waals surface area (Å²) >= 11 is 0. The van der Waals surface area contributed by atoms with E-state index in [1.807, 2.05) is 12.1 Å². The Kier molecular flexibility index (Phi) is 9.53. The summed E-state index contributed by atoms with van der Waals surface area (Å²) in [5.74, 6) is -1.06. The van der Waals surface area contributed by atoms with E-state index >= 15 is 0 Å². The monoisotopic (exact) mass is 432 g/mol. The van der Waals surface area contributed by atoms with E-state index in [2.05, 4.69) is 20.8 Å². The van der Waals surface area contributed by atoms with Crippen molar-refractivity contribution in [2.75, 3.05) is 0 Å². The van der Waals surface area contributed by atoms with Crippen LogP contribution in [0.15, 0.2) is 24.3 Å². The lowest BCUT2D eigenvalue weighted by Gasteiger charge is -2.36. The zero-order valence-electron chi connectivity index (χ0n) is 18.9. The Morgan fingerprint density at radius 1 is 1.03 bits per heavy atom. The molecule has 0 heterocycles. The molecule has 0 bridgehead atoms. The number of carbonyl (C=O) groups is 3. The molecule has 2 rings (SSSR count). The molecule has 31 heavy (non-hydrogen) atoms. The third kappa shape index (κ3) is 7.67. The molecule has 6 nitrogen and oxygen atoms in total. The Bertz CT molecular complexity index is 756. The Morgan fingerprint density at radius 2 is 1.71 bits per heavy atom. The van der Waals surface area contributed by atoms with Crippen molar-refractivity contribution in [3.63, 3.8) is 0 Å². The average molecular weight is 433 g/mol. The van der Waals surface area contributed by atoms with Crippen LogP contribution >= 0.6 is 0 Å². The van der Waals surface area contributed by atoms with Gasteiger partial charge in [-0.25, -0.2) is 4.79 Å². The first-order valence-electron chi connectivity index (χ1n) is 11.4. The number of ether oxygens (including phenoxy) is 1. The van der Waals surface area contributed by atoms with Crippen LogP contribution in [0.25, 0.3) is 0 Å². The van der Waals surface area contributed by atoms with Crippen LogP contribution in [0.1, 0.15) is 94.0 Å². The van der Waals surface area contributed by atoms with Crippen molar-refractivity contribution in [3.8, 4) is 0 Å². The summed E-state index contributed by atoms with van der Waals surface area (Å²) in [6, 6.07) is 7.19. The molecular formula is C25H36O6. The number of hydrogen-bond acceptors (Lipinski definition) is 4. The second-order valence-electron chi connectivity index (χ2n) is 9.27. The Morgan fingerprint density at radius 3 is 2.35 bits per heavy atom. The van der Waals surface area contributed by atoms with E-state index < -0.39 is 11.9 Å². The smallest absolute Gasteiger partial charge is 0.338 e. The summed E-state index contributed by atoms with van der Waals surface area (Å²) < 4.78 is 6.03. The topological polar surface area (TPSA) is 101 Å². The molecule has 1 aliphatic rings. The predicted octanol–water partition coefficient (Wildman–Crippen LogP) is 5.51. The number of carboxylic acids is 2. The molecule has 4 atom stereocenters. The zero-order chi connectivity index (χ0) is 23.0. The van der Waals surface area contributed by atoms with Crippen molar-refractivity contribution in [1.29, 1.82) is 0 Å². The Hall–Kier alpha value is -2.37. The molecule has 4 unspecified atom stereocenters. The molecule has 1 aromatic carbocycles. The second kappa shape index (κ2) is 11.9. The lowest BCUT2D eigenvalue weighted by molar-refractivity contribution is -0.138. The van der Waals surface area contributed by atoms with Crippen molar-refractivity contribution >= 4 is 17.9 Å². The molecular weight excluding hydrogens is 396 g/mol. The fraction of sp³-hybridized carbons (Fsp3) is 0.640. The van der Waals surface area contributed by atoms with Gasteiger partial charge in [0, 0.05) is 12.8 Å². The number of aliphatic carboxylic acids is 2. The highest BCUT2D eigenvalue weighted by atomic mass is 16.5. The quantitative estimate of drug-likeness (QED) is 0.447. The maximum absolute atomic E-state index is 13.2. The van der Waals surface area contributed by atoms with Crippen LogP contribution in [0, 0.1) is 17.8 Å². The van der Waals surface area contributed by atoms with Gasteiger partial charge in [0.05, 0.1) is 5.56 Å². The van der Waals surface area contributed by atoms with Gasteiger partial charge in [0.25, 0.3) is 0 Å². The summed E-state index contributed by atoms with van der Waals surface area (Å²) in [4.78, 5) is 35.3. The molecule has 172 valence electrons. The van der Waals surface area contributed by atoms with Crippen LogP contribution in [0.4, 0.5) is 0 Å². The van der Waals surface area contributed by atoms with Gasteiger partial charge in [-0.2, -0.15) is 0 Å². The van der Waals surface area contributed by atoms with E-state index in [0.29, 0.717) is 42.6 Å². The van der Waals surface area contributed by atoms with Crippen LogP contribution in [0.2, 0.25) is 0 Å². The van der Waals surface area contributed by atoms with Gasteiger partial charge in [-0.15, -0.1) is 0 Å². The van der Waals surface area contributed by atoms with E-state index in [4.69, 9.17) is 14.9 Å². The van der Waals surface area contributed by atoms with Gasteiger partial charge in [0.15, 0.2) is 0 Å². The van der Waals surface area contributed by atoms with Crippen molar-refractivity contribution in [2.45, 2.75) is 84.2 Å². The Labute approximate surface area is 185 Å². The van der Waals surface area contributed by atoms with Gasteiger partial charge in [0.1, 0.15) is 6.10 Å². The summed E-state index contributed by atoms with van der Waals surface area (Å²) in [6.07, 6.45) is 4.23. The molecule has 0 spiro atoms. The van der Waals surface area contributed by atoms with Crippen LogP contribution in [0.5, 0.6) is 0 Å². The van der Waals surface area contributed by atoms with Crippen molar-refractivity contribution in [3.05, 3.63) is 35.4 Å². The highest BCUT2D eigenvalue weighted by Gasteiger charge is 2.34. The minimum Gasteiger partial charge on any atom is -0.481 e. The third-order valence-corrected chi connectivity index (χ3v) is 6.49. The summed E-state index contributed by atoms with van der Waals surface area (Å²) in [6.45, 7) is 6.52. The maximum Gasteiger partial charge on any atom is 0.338 e. The first-order valence-corrected chi connectivity index (χ1v) is 11.4. The van der Waals surface area contributed by atoms with Gasteiger partial charge in [0.2, 0.25) is 0 Å². The molecule has 0 saturated heterocycles. The molecule has 1 aliphatic carbocycles. The van der Waals surface area contributed by atoms with Crippen molar-refractivity contribution in [2.24, 2.45) is 17.8 Å². The Balaban J connectivity index is 2.22. The average Bonchev–Trinajstić information content (AvgIpc) is 2.70. The fourth-order valence-corrected chi connectivity index (χ4v) is 4.74. The molecule has 0 aliphatic heterocycles. The molecule has 0 radical (unpaired) electrons. The first kappa shape index (κ1) is 24.9. The number of carbonyl (C=O) groups excluding carboxylic acids is 1. The number of rotatable bonds is 11.